The first-order valence-electron chi connectivity index (χ1n) is 12.2. The van der Waals surface area contributed by atoms with Gasteiger partial charge in [-0.3, -0.25) is 9.59 Å². The second-order valence-electron chi connectivity index (χ2n) is 9.66. The summed E-state index contributed by atoms with van der Waals surface area (Å²) in [6.07, 6.45) is 1.67. The maximum atomic E-state index is 13.0. The molecule has 2 amide bonds. The maximum absolute atomic E-state index is 13.0. The fraction of sp³-hybridized carbons (Fsp3) is 0.538. The van der Waals surface area contributed by atoms with Gasteiger partial charge in [0.1, 0.15) is 5.75 Å². The molecule has 0 aliphatic carbocycles. The predicted octanol–water partition coefficient (Wildman–Crippen LogP) is 3.04. The first kappa shape index (κ1) is 23.3. The number of nitrogens with zero attached hydrogens (tertiary/aromatic N) is 2. The van der Waals surface area contributed by atoms with Crippen LogP contribution in [0.5, 0.6) is 5.75 Å². The Balaban J connectivity index is 1.15. The van der Waals surface area contributed by atoms with Crippen molar-refractivity contribution in [2.75, 3.05) is 53.0 Å². The fourth-order valence-electron chi connectivity index (χ4n) is 5.56. The summed E-state index contributed by atoms with van der Waals surface area (Å²) in [7, 11) is 1.61. The van der Waals surface area contributed by atoms with Crippen LogP contribution in [-0.4, -0.2) is 74.7 Å². The van der Waals surface area contributed by atoms with Gasteiger partial charge in [-0.05, 0) is 30.2 Å². The number of benzene rings is 1. The topological polar surface area (TPSA) is 71.1 Å². The maximum Gasteiger partial charge on any atom is 0.258 e. The minimum Gasteiger partial charge on any atom is -0.495 e. The van der Waals surface area contributed by atoms with Gasteiger partial charge in [0, 0.05) is 50.1 Å². The van der Waals surface area contributed by atoms with Gasteiger partial charge < -0.3 is 24.6 Å². The quantitative estimate of drug-likeness (QED) is 0.625. The standard InChI is InChI=1S/C26H33N3O4S/c1-32-24-17-34-16-22(24)26(31)29-13-20-11-28(12-21(20)14-29)9-7-23(18-5-3-2-4-6-18)27-25(30)19-8-10-33-15-19/h2-6,16-17,19-21,23H,7-15H2,1H3,(H,27,30)/t19?,20-,21?,23?/m0/s1. The van der Waals surface area contributed by atoms with Crippen LogP contribution in [-0.2, 0) is 9.53 Å². The number of hydrogen-bond donors (Lipinski definition) is 1. The molecule has 1 N–H and O–H groups in total. The van der Waals surface area contributed by atoms with Crippen LogP contribution in [0.2, 0.25) is 0 Å². The van der Waals surface area contributed by atoms with Crippen LogP contribution in [0.1, 0.15) is 34.8 Å². The van der Waals surface area contributed by atoms with E-state index in [0.717, 1.165) is 51.1 Å². The van der Waals surface area contributed by atoms with Crippen molar-refractivity contribution in [2.24, 2.45) is 17.8 Å². The van der Waals surface area contributed by atoms with Crippen molar-refractivity contribution < 1.29 is 19.1 Å². The average molecular weight is 484 g/mol. The van der Waals surface area contributed by atoms with Crippen LogP contribution < -0.4 is 10.1 Å². The van der Waals surface area contributed by atoms with E-state index >= 15 is 0 Å². The highest BCUT2D eigenvalue weighted by molar-refractivity contribution is 7.08. The molecule has 7 nitrogen and oxygen atoms in total. The molecular weight excluding hydrogens is 450 g/mol. The van der Waals surface area contributed by atoms with E-state index in [2.05, 4.69) is 22.3 Å². The molecule has 4 heterocycles. The molecule has 182 valence electrons. The van der Waals surface area contributed by atoms with Crippen LogP contribution in [0, 0.1) is 17.8 Å². The molecule has 5 rings (SSSR count). The van der Waals surface area contributed by atoms with E-state index in [1.165, 1.54) is 11.3 Å². The number of likely N-dealkylation sites (tertiary alicyclic amines) is 2. The molecule has 0 radical (unpaired) electrons. The minimum absolute atomic E-state index is 0.00104. The molecule has 0 bridgehead atoms. The van der Waals surface area contributed by atoms with Gasteiger partial charge >= 0.3 is 0 Å². The molecule has 1 aromatic heterocycles. The summed E-state index contributed by atoms with van der Waals surface area (Å²) < 4.78 is 10.8. The largest absolute Gasteiger partial charge is 0.495 e. The Morgan fingerprint density at radius 1 is 1.15 bits per heavy atom. The molecule has 8 heteroatoms. The number of carbonyl (C=O) groups excluding carboxylic acids is 2. The lowest BCUT2D eigenvalue weighted by molar-refractivity contribution is -0.125. The Labute approximate surface area is 205 Å². The van der Waals surface area contributed by atoms with E-state index < -0.39 is 0 Å². The SMILES string of the molecule is COc1cscc1C(=O)N1CC2CN(CCC(NC(=O)C3CCOC3)c3ccccc3)C[C@H]2C1. The third-order valence-electron chi connectivity index (χ3n) is 7.48. The highest BCUT2D eigenvalue weighted by atomic mass is 32.1. The Kier molecular flexibility index (Phi) is 7.18. The molecular formula is C26H33N3O4S. The van der Waals surface area contributed by atoms with Crippen LogP contribution in [0.4, 0.5) is 0 Å². The summed E-state index contributed by atoms with van der Waals surface area (Å²) in [6.45, 7) is 5.74. The number of fused-ring (bicyclic) bond motifs is 1. The molecule has 0 spiro atoms. The van der Waals surface area contributed by atoms with Crippen molar-refractivity contribution >= 4 is 23.2 Å². The predicted molar refractivity (Wildman–Crippen MR) is 131 cm³/mol. The molecule has 0 saturated carbocycles. The zero-order valence-corrected chi connectivity index (χ0v) is 20.5. The second kappa shape index (κ2) is 10.5. The summed E-state index contributed by atoms with van der Waals surface area (Å²) in [5.74, 6) is 1.84. The summed E-state index contributed by atoms with van der Waals surface area (Å²) in [5.41, 5.74) is 1.83. The van der Waals surface area contributed by atoms with Gasteiger partial charge in [0.25, 0.3) is 5.91 Å². The van der Waals surface area contributed by atoms with Gasteiger partial charge in [-0.25, -0.2) is 0 Å². The first-order valence-corrected chi connectivity index (χ1v) is 13.1. The average Bonchev–Trinajstić information content (AvgIpc) is 3.65. The smallest absolute Gasteiger partial charge is 0.258 e. The van der Waals surface area contributed by atoms with Crippen molar-refractivity contribution in [3.05, 3.63) is 52.2 Å². The molecule has 3 aliphatic rings. The Morgan fingerprint density at radius 3 is 2.59 bits per heavy atom. The van der Waals surface area contributed by atoms with Gasteiger partial charge in [-0.2, -0.15) is 0 Å². The third-order valence-corrected chi connectivity index (χ3v) is 8.20. The third kappa shape index (κ3) is 4.99. The highest BCUT2D eigenvalue weighted by Crippen LogP contribution is 2.34. The molecule has 3 fully saturated rings. The number of rotatable bonds is 8. The monoisotopic (exact) mass is 483 g/mol. The van der Waals surface area contributed by atoms with Crippen LogP contribution >= 0.6 is 11.3 Å². The van der Waals surface area contributed by atoms with E-state index in [1.807, 2.05) is 33.9 Å². The molecule has 34 heavy (non-hydrogen) atoms. The number of nitrogens with one attached hydrogen (secondary N) is 1. The van der Waals surface area contributed by atoms with Gasteiger partial charge in [-0.1, -0.05) is 30.3 Å². The van der Waals surface area contributed by atoms with Gasteiger partial charge in [0.15, 0.2) is 0 Å². The molecule has 3 aliphatic heterocycles. The van der Waals surface area contributed by atoms with E-state index in [9.17, 15) is 9.59 Å². The molecule has 3 unspecified atom stereocenters. The van der Waals surface area contributed by atoms with Gasteiger partial charge in [0.2, 0.25) is 5.91 Å². The summed E-state index contributed by atoms with van der Waals surface area (Å²) in [6, 6.07) is 10.3. The number of hydrogen-bond acceptors (Lipinski definition) is 6. The van der Waals surface area contributed by atoms with Crippen LogP contribution in [0.15, 0.2) is 41.1 Å². The molecule has 2 aromatic rings. The summed E-state index contributed by atoms with van der Waals surface area (Å²) >= 11 is 1.50. The Hall–Kier alpha value is -2.42. The molecule has 4 atom stereocenters. The summed E-state index contributed by atoms with van der Waals surface area (Å²) in [4.78, 5) is 30.2. The highest BCUT2D eigenvalue weighted by Gasteiger charge is 2.42. The number of carbonyl (C=O) groups is 2. The fourth-order valence-corrected chi connectivity index (χ4v) is 6.33. The minimum atomic E-state index is -0.0391. The van der Waals surface area contributed by atoms with E-state index in [4.69, 9.17) is 9.47 Å². The van der Waals surface area contributed by atoms with Gasteiger partial charge in [-0.15, -0.1) is 11.3 Å². The van der Waals surface area contributed by atoms with E-state index in [0.29, 0.717) is 36.4 Å². The Bertz CT molecular complexity index is 977. The number of thiophene rings is 1. The number of ether oxygens (including phenoxy) is 2. The lowest BCUT2D eigenvalue weighted by Gasteiger charge is -2.25. The first-order chi connectivity index (χ1) is 16.6. The van der Waals surface area contributed by atoms with Crippen molar-refractivity contribution in [1.82, 2.24) is 15.1 Å². The zero-order valence-electron chi connectivity index (χ0n) is 19.7. The van der Waals surface area contributed by atoms with Crippen LogP contribution in [0.25, 0.3) is 0 Å². The lowest BCUT2D eigenvalue weighted by atomic mass is 10.0. The zero-order chi connectivity index (χ0) is 23.5. The van der Waals surface area contributed by atoms with Crippen molar-refractivity contribution in [1.29, 1.82) is 0 Å². The normalized spacial score (nSPS) is 25.3. The number of methoxy groups -OCH3 is 1. The lowest BCUT2D eigenvalue weighted by Crippen LogP contribution is -2.37. The van der Waals surface area contributed by atoms with E-state index in [1.54, 1.807) is 7.11 Å². The van der Waals surface area contributed by atoms with Gasteiger partial charge in [0.05, 0.1) is 31.2 Å². The summed E-state index contributed by atoms with van der Waals surface area (Å²) in [5, 5.41) is 7.06. The van der Waals surface area contributed by atoms with Crippen LogP contribution in [0.3, 0.4) is 0 Å². The van der Waals surface area contributed by atoms with Crippen molar-refractivity contribution in [3.63, 3.8) is 0 Å². The number of amides is 2. The Morgan fingerprint density at radius 2 is 1.91 bits per heavy atom. The molecule has 1 aromatic carbocycles. The van der Waals surface area contributed by atoms with E-state index in [-0.39, 0.29) is 23.8 Å². The molecule has 3 saturated heterocycles. The van der Waals surface area contributed by atoms with Crippen molar-refractivity contribution in [2.45, 2.75) is 18.9 Å². The van der Waals surface area contributed by atoms with Crippen molar-refractivity contribution in [3.8, 4) is 5.75 Å². The second-order valence-corrected chi connectivity index (χ2v) is 10.4.